The topological polar surface area (TPSA) is 75.4 Å². The van der Waals surface area contributed by atoms with Crippen molar-refractivity contribution in [1.29, 1.82) is 0 Å². The predicted octanol–water partition coefficient (Wildman–Crippen LogP) is 4.16. The van der Waals surface area contributed by atoms with Crippen LogP contribution in [0.5, 0.6) is 0 Å². The Bertz CT molecular complexity index is 884. The number of benzene rings is 1. The summed E-state index contributed by atoms with van der Waals surface area (Å²) in [5.74, 6) is -0.250. The summed E-state index contributed by atoms with van der Waals surface area (Å²) in [5, 5.41) is 13.5. The monoisotopic (exact) mass is 397 g/mol. The smallest absolute Gasteiger partial charge is 0.303 e. The number of aliphatic carboxylic acids is 1. The second kappa shape index (κ2) is 8.80. The molecule has 2 heterocycles. The summed E-state index contributed by atoms with van der Waals surface area (Å²) in [5.41, 5.74) is 4.34. The molecule has 1 amide bonds. The second-order valence-electron chi connectivity index (χ2n) is 8.31. The van der Waals surface area contributed by atoms with Crippen LogP contribution >= 0.6 is 0 Å². The minimum atomic E-state index is -0.808. The highest BCUT2D eigenvalue weighted by molar-refractivity contribution is 5.94. The van der Waals surface area contributed by atoms with Crippen molar-refractivity contribution in [3.63, 3.8) is 0 Å². The molecule has 0 aliphatic carbocycles. The molecule has 29 heavy (non-hydrogen) atoms. The fourth-order valence-corrected chi connectivity index (χ4v) is 4.33. The molecule has 0 spiro atoms. The Morgan fingerprint density at radius 2 is 1.86 bits per heavy atom. The van der Waals surface area contributed by atoms with E-state index in [0.29, 0.717) is 23.9 Å². The molecule has 0 bridgehead atoms. The molecule has 3 rings (SSSR count). The summed E-state index contributed by atoms with van der Waals surface area (Å²) in [7, 11) is 0. The van der Waals surface area contributed by atoms with Gasteiger partial charge in [-0.05, 0) is 75.3 Å². The van der Waals surface area contributed by atoms with Gasteiger partial charge in [0.05, 0.1) is 11.4 Å². The molecule has 6 heteroatoms. The first-order chi connectivity index (χ1) is 13.8. The van der Waals surface area contributed by atoms with Gasteiger partial charge >= 0.3 is 5.97 Å². The van der Waals surface area contributed by atoms with Crippen LogP contribution in [-0.4, -0.2) is 44.3 Å². The van der Waals surface area contributed by atoms with Crippen molar-refractivity contribution in [3.8, 4) is 5.69 Å². The van der Waals surface area contributed by atoms with Gasteiger partial charge in [-0.2, -0.15) is 5.10 Å². The van der Waals surface area contributed by atoms with E-state index in [1.165, 1.54) is 6.42 Å². The highest BCUT2D eigenvalue weighted by atomic mass is 16.4. The van der Waals surface area contributed by atoms with Crippen LogP contribution in [0.4, 0.5) is 0 Å². The Kier molecular flexibility index (Phi) is 6.40. The first kappa shape index (κ1) is 21.1. The zero-order valence-corrected chi connectivity index (χ0v) is 17.8. The highest BCUT2D eigenvalue weighted by Gasteiger charge is 2.29. The molecule has 1 atom stereocenters. The van der Waals surface area contributed by atoms with Crippen molar-refractivity contribution < 1.29 is 14.7 Å². The van der Waals surface area contributed by atoms with Crippen LogP contribution in [0.1, 0.15) is 66.8 Å². The number of nitrogens with zero attached hydrogens (tertiary/aromatic N) is 3. The lowest BCUT2D eigenvalue weighted by molar-refractivity contribution is -0.136. The van der Waals surface area contributed by atoms with Gasteiger partial charge in [0.25, 0.3) is 5.91 Å². The van der Waals surface area contributed by atoms with Gasteiger partial charge < -0.3 is 10.0 Å². The Morgan fingerprint density at radius 3 is 2.48 bits per heavy atom. The molecule has 156 valence electrons. The number of carboxylic acid groups (broad SMARTS) is 1. The van der Waals surface area contributed by atoms with E-state index in [0.717, 1.165) is 42.0 Å². The predicted molar refractivity (Wildman–Crippen MR) is 113 cm³/mol. The van der Waals surface area contributed by atoms with Crippen LogP contribution in [0, 0.1) is 19.8 Å². The third-order valence-electron chi connectivity index (χ3n) is 5.97. The number of hydrogen-bond donors (Lipinski definition) is 1. The van der Waals surface area contributed by atoms with Crippen LogP contribution in [0.25, 0.3) is 5.69 Å². The van der Waals surface area contributed by atoms with Gasteiger partial charge in [-0.25, -0.2) is 4.68 Å². The molecule has 1 unspecified atom stereocenters. The first-order valence-corrected chi connectivity index (χ1v) is 10.5. The van der Waals surface area contributed by atoms with Crippen molar-refractivity contribution in [3.05, 3.63) is 46.8 Å². The maximum absolute atomic E-state index is 13.1. The van der Waals surface area contributed by atoms with Crippen LogP contribution in [-0.2, 0) is 11.2 Å². The highest BCUT2D eigenvalue weighted by Crippen LogP contribution is 2.26. The minimum Gasteiger partial charge on any atom is -0.481 e. The fourth-order valence-electron chi connectivity index (χ4n) is 4.33. The summed E-state index contributed by atoms with van der Waals surface area (Å²) in [4.78, 5) is 26.0. The number of carbonyl (C=O) groups excluding carboxylic acids is 1. The quantitative estimate of drug-likeness (QED) is 0.794. The van der Waals surface area contributed by atoms with Crippen molar-refractivity contribution in [2.75, 3.05) is 6.54 Å². The molecule has 1 aromatic heterocycles. The lowest BCUT2D eigenvalue weighted by atomic mass is 9.92. The third kappa shape index (κ3) is 4.52. The minimum absolute atomic E-state index is 0.0909. The standard InChI is InChI=1S/C23H31N3O3/c1-15(2)21-7-5-6-14-25(21)23(29)18-8-10-19(11-9-18)26-17(4)20(16(3)24-26)12-13-22(27)28/h8-11,15,21H,5-7,12-14H2,1-4H3,(H,27,28). The molecule has 2 aromatic rings. The Hall–Kier alpha value is -2.63. The largest absolute Gasteiger partial charge is 0.481 e. The molecular formula is C23H31N3O3. The van der Waals surface area contributed by atoms with E-state index in [1.54, 1.807) is 0 Å². The molecule has 1 N–H and O–H groups in total. The van der Waals surface area contributed by atoms with E-state index in [-0.39, 0.29) is 12.3 Å². The zero-order valence-electron chi connectivity index (χ0n) is 17.8. The summed E-state index contributed by atoms with van der Waals surface area (Å²) >= 11 is 0. The second-order valence-corrected chi connectivity index (χ2v) is 8.31. The maximum atomic E-state index is 13.1. The zero-order chi connectivity index (χ0) is 21.1. The third-order valence-corrected chi connectivity index (χ3v) is 5.97. The summed E-state index contributed by atoms with van der Waals surface area (Å²) in [6.07, 6.45) is 3.89. The van der Waals surface area contributed by atoms with E-state index >= 15 is 0 Å². The lowest BCUT2D eigenvalue weighted by Crippen LogP contribution is -2.46. The van der Waals surface area contributed by atoms with Crippen molar-refractivity contribution in [2.24, 2.45) is 5.92 Å². The number of aromatic nitrogens is 2. The number of hydrogen-bond acceptors (Lipinski definition) is 3. The van der Waals surface area contributed by atoms with E-state index in [4.69, 9.17) is 5.11 Å². The van der Waals surface area contributed by atoms with Crippen molar-refractivity contribution in [1.82, 2.24) is 14.7 Å². The molecule has 0 saturated carbocycles. The first-order valence-electron chi connectivity index (χ1n) is 10.5. The summed E-state index contributed by atoms with van der Waals surface area (Å²) in [6.45, 7) is 9.06. The number of aryl methyl sites for hydroxylation is 1. The Labute approximate surface area is 172 Å². The van der Waals surface area contributed by atoms with Gasteiger partial charge in [0.15, 0.2) is 0 Å². The number of carbonyl (C=O) groups is 2. The molecule has 1 fully saturated rings. The molecule has 1 aliphatic heterocycles. The lowest BCUT2D eigenvalue weighted by Gasteiger charge is -2.38. The number of piperidine rings is 1. The van der Waals surface area contributed by atoms with E-state index in [1.807, 2.05) is 47.7 Å². The number of likely N-dealkylation sites (tertiary alicyclic amines) is 1. The van der Waals surface area contributed by atoms with Gasteiger partial charge in [0.2, 0.25) is 0 Å². The molecular weight excluding hydrogens is 366 g/mol. The normalized spacial score (nSPS) is 17.0. The molecule has 0 radical (unpaired) electrons. The summed E-state index contributed by atoms with van der Waals surface area (Å²) < 4.78 is 1.83. The average Bonchev–Trinajstić information content (AvgIpc) is 2.99. The van der Waals surface area contributed by atoms with Crippen molar-refractivity contribution in [2.45, 2.75) is 65.8 Å². The maximum Gasteiger partial charge on any atom is 0.303 e. The summed E-state index contributed by atoms with van der Waals surface area (Å²) in [6, 6.07) is 7.89. The Balaban J connectivity index is 1.81. The van der Waals surface area contributed by atoms with Gasteiger partial charge in [-0.3, -0.25) is 9.59 Å². The van der Waals surface area contributed by atoms with Crippen LogP contribution < -0.4 is 0 Å². The Morgan fingerprint density at radius 1 is 1.17 bits per heavy atom. The van der Waals surface area contributed by atoms with Gasteiger partial charge in [0, 0.05) is 30.3 Å². The fraction of sp³-hybridized carbons (Fsp3) is 0.522. The van der Waals surface area contributed by atoms with Gasteiger partial charge in [-0.1, -0.05) is 13.8 Å². The number of amides is 1. The van der Waals surface area contributed by atoms with Crippen LogP contribution in [0.3, 0.4) is 0 Å². The molecule has 6 nitrogen and oxygen atoms in total. The van der Waals surface area contributed by atoms with Crippen LogP contribution in [0.2, 0.25) is 0 Å². The molecule has 1 saturated heterocycles. The SMILES string of the molecule is Cc1nn(-c2ccc(C(=O)N3CCCCC3C(C)C)cc2)c(C)c1CCC(=O)O. The number of carboxylic acids is 1. The van der Waals surface area contributed by atoms with Crippen molar-refractivity contribution >= 4 is 11.9 Å². The van der Waals surface area contributed by atoms with Crippen LogP contribution in [0.15, 0.2) is 24.3 Å². The van der Waals surface area contributed by atoms with Gasteiger partial charge in [0.1, 0.15) is 0 Å². The molecule has 1 aromatic carbocycles. The average molecular weight is 398 g/mol. The van der Waals surface area contributed by atoms with E-state index < -0.39 is 5.97 Å². The van der Waals surface area contributed by atoms with Gasteiger partial charge in [-0.15, -0.1) is 0 Å². The number of rotatable bonds is 6. The van der Waals surface area contributed by atoms with E-state index in [9.17, 15) is 9.59 Å². The molecule has 1 aliphatic rings. The van der Waals surface area contributed by atoms with E-state index in [2.05, 4.69) is 18.9 Å².